The van der Waals surface area contributed by atoms with Crippen molar-refractivity contribution in [3.05, 3.63) is 27.2 Å². The maximum absolute atomic E-state index is 12.5. The second-order valence-corrected chi connectivity index (χ2v) is 7.47. The van der Waals surface area contributed by atoms with Crippen LogP contribution in [0.1, 0.15) is 6.42 Å². The lowest BCUT2D eigenvalue weighted by atomic mass is 10.4. The molecule has 0 aliphatic carbocycles. The summed E-state index contributed by atoms with van der Waals surface area (Å²) in [6, 6.07) is 0. The normalized spacial score (nSPS) is 11.3. The van der Waals surface area contributed by atoms with E-state index in [0.717, 1.165) is 15.2 Å². The van der Waals surface area contributed by atoms with Crippen molar-refractivity contribution in [3.8, 4) is 0 Å². The second kappa shape index (κ2) is 6.77. The molecule has 0 saturated heterocycles. The Bertz CT molecular complexity index is 985. The van der Waals surface area contributed by atoms with Crippen molar-refractivity contribution in [1.82, 2.24) is 28.9 Å². The fourth-order valence-corrected chi connectivity index (χ4v) is 4.04. The number of rotatable bonds is 6. The van der Waals surface area contributed by atoms with Crippen molar-refractivity contribution in [2.24, 2.45) is 14.1 Å². The second-order valence-electron chi connectivity index (χ2n) is 5.15. The lowest BCUT2D eigenvalue weighted by Crippen LogP contribution is -2.39. The van der Waals surface area contributed by atoms with Crippen molar-refractivity contribution in [2.75, 3.05) is 18.1 Å². The third-order valence-corrected chi connectivity index (χ3v) is 5.73. The van der Waals surface area contributed by atoms with Crippen molar-refractivity contribution in [3.63, 3.8) is 0 Å². The summed E-state index contributed by atoms with van der Waals surface area (Å²) in [4.78, 5) is 29.0. The predicted octanol–water partition coefficient (Wildman–Crippen LogP) is 0.509. The molecule has 11 heteroatoms. The average Bonchev–Trinajstić information content (AvgIpc) is 3.18. The van der Waals surface area contributed by atoms with E-state index in [1.54, 1.807) is 43.8 Å². The summed E-state index contributed by atoms with van der Waals surface area (Å²) in [5.74, 6) is 0.747. The maximum atomic E-state index is 12.5. The summed E-state index contributed by atoms with van der Waals surface area (Å²) in [6.45, 7) is 0.358. The van der Waals surface area contributed by atoms with E-state index in [2.05, 4.69) is 20.5 Å². The highest BCUT2D eigenvalue weighted by Gasteiger charge is 2.14. The number of hydrogen-bond donors (Lipinski definition) is 1. The summed E-state index contributed by atoms with van der Waals surface area (Å²) in [5, 5.41) is 11.7. The number of hydrogen-bond acceptors (Lipinski definition) is 8. The van der Waals surface area contributed by atoms with Crippen LogP contribution in [0.4, 0.5) is 5.13 Å². The van der Waals surface area contributed by atoms with Crippen molar-refractivity contribution >= 4 is 39.4 Å². The quantitative estimate of drug-likeness (QED) is 0.500. The number of fused-ring (bicyclic) bond motifs is 1. The molecule has 3 heterocycles. The summed E-state index contributed by atoms with van der Waals surface area (Å²) in [5.41, 5.74) is 0.204. The number of aromatic nitrogens is 6. The van der Waals surface area contributed by atoms with Gasteiger partial charge in [0.2, 0.25) is 5.13 Å². The monoisotopic (exact) mass is 367 g/mol. The first-order valence-corrected chi connectivity index (χ1v) is 9.08. The highest BCUT2D eigenvalue weighted by atomic mass is 32.2. The van der Waals surface area contributed by atoms with Gasteiger partial charge in [-0.05, 0) is 6.42 Å². The Kier molecular flexibility index (Phi) is 4.71. The van der Waals surface area contributed by atoms with Crippen LogP contribution in [-0.4, -0.2) is 41.7 Å². The molecule has 0 spiro atoms. The summed E-state index contributed by atoms with van der Waals surface area (Å²) in [6.07, 6.45) is 2.22. The summed E-state index contributed by atoms with van der Waals surface area (Å²) < 4.78 is 5.18. The predicted molar refractivity (Wildman–Crippen MR) is 95.0 cm³/mol. The van der Waals surface area contributed by atoms with Crippen LogP contribution in [0.3, 0.4) is 0 Å². The fourth-order valence-electron chi connectivity index (χ4n) is 2.34. The number of thioether (sulfide) groups is 1. The minimum absolute atomic E-state index is 0.300. The van der Waals surface area contributed by atoms with Gasteiger partial charge in [0.15, 0.2) is 15.5 Å². The van der Waals surface area contributed by atoms with Gasteiger partial charge in [-0.25, -0.2) is 9.78 Å². The zero-order valence-corrected chi connectivity index (χ0v) is 15.1. The topological polar surface area (TPSA) is 99.6 Å². The number of nitrogens with one attached hydrogen (secondary N) is 1. The molecule has 0 aliphatic rings. The molecule has 24 heavy (non-hydrogen) atoms. The summed E-state index contributed by atoms with van der Waals surface area (Å²) >= 11 is 3.04. The van der Waals surface area contributed by atoms with Gasteiger partial charge in [0.1, 0.15) is 0 Å². The van der Waals surface area contributed by atoms with Crippen LogP contribution in [-0.2, 0) is 20.6 Å². The molecule has 3 aromatic heterocycles. The maximum Gasteiger partial charge on any atom is 0.332 e. The molecule has 0 bridgehead atoms. The molecule has 0 unspecified atom stereocenters. The van der Waals surface area contributed by atoms with E-state index in [-0.39, 0.29) is 11.2 Å². The Balaban J connectivity index is 1.74. The third-order valence-electron chi connectivity index (χ3n) is 3.57. The first-order valence-electron chi connectivity index (χ1n) is 7.28. The Morgan fingerprint density at radius 1 is 1.29 bits per heavy atom. The van der Waals surface area contributed by atoms with Crippen molar-refractivity contribution in [1.29, 1.82) is 0 Å². The molecular formula is C13H17N7O2S2. The largest absolute Gasteiger partial charge is 0.363 e. The number of aryl methyl sites for hydroxylation is 2. The molecule has 0 amide bonds. The standard InChI is InChI=1S/C13H17N7O2S2/c1-14-11-16-17-12(24-11)23-6-4-5-20-10(21)8-9(15-7-18(8)2)19(3)13(20)22/h7H,4-6H2,1-3H3,(H,14,16). The smallest absolute Gasteiger partial charge is 0.332 e. The Labute approximate surface area is 145 Å². The molecule has 0 radical (unpaired) electrons. The van der Waals surface area contributed by atoms with Crippen LogP contribution in [0.2, 0.25) is 0 Å². The molecule has 0 fully saturated rings. The van der Waals surface area contributed by atoms with E-state index < -0.39 is 0 Å². The number of nitrogens with zero attached hydrogens (tertiary/aromatic N) is 6. The highest BCUT2D eigenvalue weighted by molar-refractivity contribution is 8.01. The first-order chi connectivity index (χ1) is 11.5. The van der Waals surface area contributed by atoms with E-state index in [1.165, 1.54) is 20.5 Å². The van der Waals surface area contributed by atoms with E-state index in [9.17, 15) is 9.59 Å². The van der Waals surface area contributed by atoms with E-state index in [0.29, 0.717) is 24.1 Å². The third kappa shape index (κ3) is 2.96. The zero-order valence-electron chi connectivity index (χ0n) is 13.5. The van der Waals surface area contributed by atoms with Crippen LogP contribution in [0.5, 0.6) is 0 Å². The lowest BCUT2D eigenvalue weighted by Gasteiger charge is -2.08. The number of anilines is 1. The van der Waals surface area contributed by atoms with Gasteiger partial charge in [0, 0.05) is 33.4 Å². The molecule has 0 aromatic carbocycles. The first kappa shape index (κ1) is 16.7. The fraction of sp³-hybridized carbons (Fsp3) is 0.462. The van der Waals surface area contributed by atoms with Crippen LogP contribution in [0, 0.1) is 0 Å². The Morgan fingerprint density at radius 3 is 2.79 bits per heavy atom. The van der Waals surface area contributed by atoms with Gasteiger partial charge >= 0.3 is 5.69 Å². The van der Waals surface area contributed by atoms with Crippen molar-refractivity contribution < 1.29 is 0 Å². The van der Waals surface area contributed by atoms with Crippen LogP contribution in [0.25, 0.3) is 11.2 Å². The molecule has 0 atom stereocenters. The minimum Gasteiger partial charge on any atom is -0.363 e. The Morgan fingerprint density at radius 2 is 2.08 bits per heavy atom. The van der Waals surface area contributed by atoms with E-state index >= 15 is 0 Å². The van der Waals surface area contributed by atoms with Crippen LogP contribution < -0.4 is 16.6 Å². The van der Waals surface area contributed by atoms with Gasteiger partial charge in [-0.15, -0.1) is 10.2 Å². The molecule has 0 aliphatic heterocycles. The van der Waals surface area contributed by atoms with Gasteiger partial charge in [-0.2, -0.15) is 0 Å². The SMILES string of the molecule is CNc1nnc(SCCCn2c(=O)c3c(ncn3C)n(C)c2=O)s1. The van der Waals surface area contributed by atoms with Gasteiger partial charge in [0.05, 0.1) is 6.33 Å². The molecular weight excluding hydrogens is 350 g/mol. The minimum atomic E-state index is -0.343. The zero-order chi connectivity index (χ0) is 17.3. The molecule has 9 nitrogen and oxygen atoms in total. The van der Waals surface area contributed by atoms with Gasteiger partial charge in [0.25, 0.3) is 5.56 Å². The van der Waals surface area contributed by atoms with Gasteiger partial charge < -0.3 is 9.88 Å². The molecule has 3 aromatic rings. The molecule has 128 valence electrons. The van der Waals surface area contributed by atoms with Crippen LogP contribution >= 0.6 is 23.1 Å². The average molecular weight is 367 g/mol. The van der Waals surface area contributed by atoms with E-state index in [1.807, 2.05) is 0 Å². The van der Waals surface area contributed by atoms with Gasteiger partial charge in [-0.1, -0.05) is 23.1 Å². The molecule has 0 saturated carbocycles. The summed E-state index contributed by atoms with van der Waals surface area (Å²) in [7, 11) is 5.17. The number of imidazole rings is 1. The highest BCUT2D eigenvalue weighted by Crippen LogP contribution is 2.25. The van der Waals surface area contributed by atoms with Gasteiger partial charge in [-0.3, -0.25) is 13.9 Å². The molecule has 1 N–H and O–H groups in total. The van der Waals surface area contributed by atoms with Crippen molar-refractivity contribution in [2.45, 2.75) is 17.3 Å². The van der Waals surface area contributed by atoms with Crippen LogP contribution in [0.15, 0.2) is 20.3 Å². The molecule has 3 rings (SSSR count). The Hall–Kier alpha value is -2.14. The van der Waals surface area contributed by atoms with E-state index in [4.69, 9.17) is 0 Å². The lowest BCUT2D eigenvalue weighted by molar-refractivity contribution is 0.594.